The number of fused-ring (bicyclic) bond motifs is 5. The van der Waals surface area contributed by atoms with E-state index in [2.05, 4.69) is 106 Å². The predicted molar refractivity (Wildman–Crippen MR) is 135 cm³/mol. The molecule has 0 radical (unpaired) electrons. The zero-order valence-electron chi connectivity index (χ0n) is 19.0. The molecule has 3 aromatic carbocycles. The Hall–Kier alpha value is -2.44. The molecule has 2 nitrogen and oxygen atoms in total. The Morgan fingerprint density at radius 3 is 2.03 bits per heavy atom. The monoisotopic (exact) mass is 439 g/mol. The van der Waals surface area contributed by atoms with E-state index in [4.69, 9.17) is 9.73 Å². The summed E-state index contributed by atoms with van der Waals surface area (Å²) in [5.41, 5.74) is 1.66. The molecule has 4 atom stereocenters. The molecule has 0 aromatic heterocycles. The van der Waals surface area contributed by atoms with Gasteiger partial charge in [-0.1, -0.05) is 99.6 Å². The fraction of sp³-hybridized carbons (Fsp3) is 0.345. The lowest BCUT2D eigenvalue weighted by Gasteiger charge is -2.37. The van der Waals surface area contributed by atoms with Gasteiger partial charge in [-0.15, -0.1) is 0 Å². The highest BCUT2D eigenvalue weighted by atomic mass is 31.1. The maximum Gasteiger partial charge on any atom is 0.217 e. The Labute approximate surface area is 192 Å². The standard InChI is InChI=1S/C29H30NOP/c1-28(2)23-18-19-29(28,3)26-25(23)30-27(31-26)22-16-10-11-17-24(22)32(20-12-6-4-7-13-20)21-14-8-5-9-15-21/h4-17,23,25-26H,18-19H2,1-3H3/t23-,25-,26-,29-/m1/s1. The molecule has 2 saturated carbocycles. The lowest BCUT2D eigenvalue weighted by Crippen LogP contribution is -2.39. The van der Waals surface area contributed by atoms with Crippen LogP contribution in [0.25, 0.3) is 0 Å². The van der Waals surface area contributed by atoms with Crippen molar-refractivity contribution in [1.82, 2.24) is 0 Å². The molecule has 0 amide bonds. The third-order valence-corrected chi connectivity index (χ3v) is 11.1. The van der Waals surface area contributed by atoms with Crippen LogP contribution in [0.15, 0.2) is 89.9 Å². The Morgan fingerprint density at radius 2 is 1.41 bits per heavy atom. The predicted octanol–water partition coefficient (Wildman–Crippen LogP) is 5.41. The summed E-state index contributed by atoms with van der Waals surface area (Å²) in [5.74, 6) is 1.48. The van der Waals surface area contributed by atoms with Gasteiger partial charge in [-0.3, -0.25) is 0 Å². The fourth-order valence-corrected chi connectivity index (χ4v) is 8.90. The van der Waals surface area contributed by atoms with Crippen LogP contribution in [0.3, 0.4) is 0 Å². The highest BCUT2D eigenvalue weighted by Crippen LogP contribution is 2.68. The topological polar surface area (TPSA) is 21.6 Å². The highest BCUT2D eigenvalue weighted by Gasteiger charge is 2.69. The summed E-state index contributed by atoms with van der Waals surface area (Å²) < 4.78 is 6.77. The van der Waals surface area contributed by atoms with Gasteiger partial charge in [0.2, 0.25) is 5.90 Å². The van der Waals surface area contributed by atoms with Gasteiger partial charge in [0.05, 0.1) is 6.04 Å². The fourth-order valence-electron chi connectivity index (χ4n) is 6.46. The van der Waals surface area contributed by atoms with Gasteiger partial charge in [0.15, 0.2) is 0 Å². The van der Waals surface area contributed by atoms with E-state index in [1.165, 1.54) is 34.3 Å². The van der Waals surface area contributed by atoms with E-state index in [0.29, 0.717) is 12.0 Å². The molecule has 1 heterocycles. The number of aliphatic imine (C=N–C) groups is 1. The maximum atomic E-state index is 6.77. The van der Waals surface area contributed by atoms with Crippen LogP contribution in [0.4, 0.5) is 0 Å². The highest BCUT2D eigenvalue weighted by molar-refractivity contribution is 7.80. The lowest BCUT2D eigenvalue weighted by molar-refractivity contribution is 0.0285. The minimum absolute atomic E-state index is 0.201. The van der Waals surface area contributed by atoms with Crippen molar-refractivity contribution >= 4 is 29.7 Å². The number of nitrogens with zero attached hydrogens (tertiary/aromatic N) is 1. The van der Waals surface area contributed by atoms with Crippen LogP contribution in [0.2, 0.25) is 0 Å². The van der Waals surface area contributed by atoms with Crippen LogP contribution < -0.4 is 15.9 Å². The zero-order valence-corrected chi connectivity index (χ0v) is 19.9. The molecule has 0 spiro atoms. The van der Waals surface area contributed by atoms with E-state index in [1.807, 2.05) is 0 Å². The van der Waals surface area contributed by atoms with E-state index in [0.717, 1.165) is 5.90 Å². The van der Waals surface area contributed by atoms with Crippen molar-refractivity contribution in [3.8, 4) is 0 Å². The molecule has 3 aliphatic rings. The van der Waals surface area contributed by atoms with E-state index < -0.39 is 7.92 Å². The summed E-state index contributed by atoms with van der Waals surface area (Å²) in [6.45, 7) is 7.29. The van der Waals surface area contributed by atoms with Crippen molar-refractivity contribution in [3.05, 3.63) is 90.5 Å². The molecular weight excluding hydrogens is 409 g/mol. The number of hydrogen-bond donors (Lipinski definition) is 0. The molecule has 3 aromatic rings. The van der Waals surface area contributed by atoms with E-state index in [-0.39, 0.29) is 16.9 Å². The van der Waals surface area contributed by atoms with Crippen molar-refractivity contribution in [2.75, 3.05) is 0 Å². The summed E-state index contributed by atoms with van der Waals surface area (Å²) in [7, 11) is -0.697. The second-order valence-corrected chi connectivity index (χ2v) is 12.5. The van der Waals surface area contributed by atoms with Crippen LogP contribution in [-0.2, 0) is 4.74 Å². The van der Waals surface area contributed by atoms with Crippen LogP contribution in [0, 0.1) is 16.7 Å². The quantitative estimate of drug-likeness (QED) is 0.498. The summed E-state index contributed by atoms with van der Waals surface area (Å²) in [4.78, 5) is 5.28. The first-order chi connectivity index (χ1) is 15.5. The van der Waals surface area contributed by atoms with Crippen LogP contribution in [0.1, 0.15) is 39.2 Å². The van der Waals surface area contributed by atoms with E-state index in [1.54, 1.807) is 0 Å². The molecular formula is C29H30NOP. The molecule has 0 saturated heterocycles. The van der Waals surface area contributed by atoms with Gasteiger partial charge < -0.3 is 4.74 Å². The van der Waals surface area contributed by atoms with Crippen molar-refractivity contribution in [2.45, 2.75) is 45.8 Å². The second-order valence-electron chi connectivity index (χ2n) is 10.3. The Balaban J connectivity index is 1.46. The SMILES string of the molecule is CC1(C)[C@@H]2CC[C@]1(C)[C@@H]1OC(c3ccccc3P(c3ccccc3)c3ccccc3)=N[C@H]21. The number of rotatable bonds is 4. The normalized spacial score (nSPS) is 29.6. The van der Waals surface area contributed by atoms with Crippen molar-refractivity contribution in [2.24, 2.45) is 21.7 Å². The summed E-state index contributed by atoms with van der Waals surface area (Å²) in [5, 5.41) is 4.04. The summed E-state index contributed by atoms with van der Waals surface area (Å²) >= 11 is 0. The van der Waals surface area contributed by atoms with Crippen molar-refractivity contribution in [1.29, 1.82) is 0 Å². The minimum atomic E-state index is -0.697. The number of hydrogen-bond acceptors (Lipinski definition) is 2. The molecule has 2 bridgehead atoms. The maximum absolute atomic E-state index is 6.77. The zero-order chi connectivity index (χ0) is 21.9. The third-order valence-electron chi connectivity index (χ3n) is 8.63. The first kappa shape index (κ1) is 20.2. The molecule has 1 aliphatic heterocycles. The van der Waals surface area contributed by atoms with E-state index >= 15 is 0 Å². The Bertz CT molecular complexity index is 1130. The van der Waals surface area contributed by atoms with Gasteiger partial charge in [-0.2, -0.15) is 0 Å². The smallest absolute Gasteiger partial charge is 0.217 e. The van der Waals surface area contributed by atoms with Gasteiger partial charge in [-0.25, -0.2) is 4.99 Å². The van der Waals surface area contributed by atoms with Crippen molar-refractivity contribution in [3.63, 3.8) is 0 Å². The third kappa shape index (κ3) is 2.78. The van der Waals surface area contributed by atoms with Crippen LogP contribution in [-0.4, -0.2) is 18.0 Å². The van der Waals surface area contributed by atoms with Gasteiger partial charge in [-0.05, 0) is 54.1 Å². The number of ether oxygens (including phenoxy) is 1. The lowest BCUT2D eigenvalue weighted by atomic mass is 9.70. The largest absolute Gasteiger partial charge is 0.471 e. The molecule has 162 valence electrons. The summed E-state index contributed by atoms with van der Waals surface area (Å²) in [6.07, 6.45) is 2.73. The van der Waals surface area contributed by atoms with Gasteiger partial charge in [0, 0.05) is 11.0 Å². The molecule has 3 heteroatoms. The molecule has 6 rings (SSSR count). The first-order valence-corrected chi connectivity index (χ1v) is 13.1. The van der Waals surface area contributed by atoms with E-state index in [9.17, 15) is 0 Å². The molecule has 2 fully saturated rings. The molecule has 2 aliphatic carbocycles. The van der Waals surface area contributed by atoms with Gasteiger partial charge in [0.25, 0.3) is 0 Å². The Morgan fingerprint density at radius 1 is 0.812 bits per heavy atom. The molecule has 32 heavy (non-hydrogen) atoms. The number of benzene rings is 3. The average Bonchev–Trinajstić information content (AvgIpc) is 3.40. The van der Waals surface area contributed by atoms with Crippen LogP contribution >= 0.6 is 7.92 Å². The molecule has 0 N–H and O–H groups in total. The second kappa shape index (κ2) is 7.29. The average molecular weight is 440 g/mol. The van der Waals surface area contributed by atoms with Gasteiger partial charge in [0.1, 0.15) is 6.10 Å². The Kier molecular flexibility index (Phi) is 4.60. The van der Waals surface area contributed by atoms with Gasteiger partial charge >= 0.3 is 0 Å². The molecule has 0 unspecified atom stereocenters. The summed E-state index contributed by atoms with van der Waals surface area (Å²) in [6, 6.07) is 30.9. The van der Waals surface area contributed by atoms with Crippen molar-refractivity contribution < 1.29 is 4.74 Å². The first-order valence-electron chi connectivity index (χ1n) is 11.7. The minimum Gasteiger partial charge on any atom is -0.471 e. The van der Waals surface area contributed by atoms with Crippen LogP contribution in [0.5, 0.6) is 0 Å².